The average Bonchev–Trinajstić information content (AvgIpc) is 3.16. The number of carbonyl (C=O) groups excluding carboxylic acids is 4. The van der Waals surface area contributed by atoms with Gasteiger partial charge >= 0.3 is 0 Å². The van der Waals surface area contributed by atoms with E-state index in [4.69, 9.17) is 4.74 Å². The molecule has 4 unspecified atom stereocenters. The van der Waals surface area contributed by atoms with Gasteiger partial charge in [-0.25, -0.2) is 0 Å². The Labute approximate surface area is 227 Å². The summed E-state index contributed by atoms with van der Waals surface area (Å²) in [4.78, 5) is 55.5. The number of anilines is 1. The second-order valence-corrected chi connectivity index (χ2v) is 11.0. The summed E-state index contributed by atoms with van der Waals surface area (Å²) in [7, 11) is 1.48. The summed E-state index contributed by atoms with van der Waals surface area (Å²) in [6.45, 7) is 1.61. The van der Waals surface area contributed by atoms with Gasteiger partial charge in [-0.3, -0.25) is 24.1 Å². The molecule has 1 N–H and O–H groups in total. The molecule has 0 spiro atoms. The van der Waals surface area contributed by atoms with Crippen LogP contribution in [0.25, 0.3) is 0 Å². The average molecular weight is 574 g/mol. The SMILES string of the molecule is COc1cccc(O)c1C1C2=CCC3C(=O)N(c4ccc(Br)cc4)C(=O)C3C2CC2=C1C(=O)C=C(C)C2=O. The Hall–Kier alpha value is -3.78. The number of allylic oxidation sites excluding steroid dienone is 6. The number of amides is 2. The van der Waals surface area contributed by atoms with E-state index < -0.39 is 23.7 Å². The second-order valence-electron chi connectivity index (χ2n) is 10.1. The van der Waals surface area contributed by atoms with Crippen LogP contribution < -0.4 is 9.64 Å². The van der Waals surface area contributed by atoms with Crippen LogP contribution in [-0.4, -0.2) is 35.6 Å². The number of benzene rings is 2. The molecule has 1 saturated heterocycles. The first kappa shape index (κ1) is 24.6. The van der Waals surface area contributed by atoms with E-state index in [9.17, 15) is 24.3 Å². The van der Waals surface area contributed by atoms with Crippen molar-refractivity contribution in [2.24, 2.45) is 17.8 Å². The molecule has 1 fully saturated rings. The van der Waals surface area contributed by atoms with Gasteiger partial charge in [0, 0.05) is 32.7 Å². The van der Waals surface area contributed by atoms with Gasteiger partial charge in [-0.1, -0.05) is 33.6 Å². The molecule has 8 heteroatoms. The minimum Gasteiger partial charge on any atom is -0.507 e. The van der Waals surface area contributed by atoms with Gasteiger partial charge in [0.15, 0.2) is 11.6 Å². The first-order valence-corrected chi connectivity index (χ1v) is 13.2. The zero-order valence-electron chi connectivity index (χ0n) is 20.7. The molecule has 4 aliphatic rings. The minimum absolute atomic E-state index is 0.0679. The monoisotopic (exact) mass is 573 g/mol. The zero-order valence-corrected chi connectivity index (χ0v) is 22.3. The van der Waals surface area contributed by atoms with Gasteiger partial charge in [-0.15, -0.1) is 0 Å². The molecule has 2 amide bonds. The fourth-order valence-corrected chi connectivity index (χ4v) is 6.82. The summed E-state index contributed by atoms with van der Waals surface area (Å²) in [5.41, 5.74) is 2.63. The van der Waals surface area contributed by atoms with E-state index in [1.807, 2.05) is 6.08 Å². The number of carbonyl (C=O) groups is 4. The van der Waals surface area contributed by atoms with Crippen LogP contribution in [-0.2, 0) is 19.2 Å². The maximum absolute atomic E-state index is 13.9. The number of hydrogen-bond acceptors (Lipinski definition) is 6. The predicted molar refractivity (Wildman–Crippen MR) is 143 cm³/mol. The number of methoxy groups -OCH3 is 1. The van der Waals surface area contributed by atoms with E-state index in [-0.39, 0.29) is 35.6 Å². The number of Topliss-reactive ketones (excluding diaryl/α,β-unsaturated/α-hetero) is 1. The van der Waals surface area contributed by atoms with E-state index in [0.717, 1.165) is 10.0 Å². The fraction of sp³-hybridized carbons (Fsp3) is 0.267. The molecule has 192 valence electrons. The fourth-order valence-electron chi connectivity index (χ4n) is 6.56. The summed E-state index contributed by atoms with van der Waals surface area (Å²) in [5.74, 6) is -3.32. The Bertz CT molecular complexity index is 1530. The second kappa shape index (κ2) is 8.91. The van der Waals surface area contributed by atoms with Crippen LogP contribution in [0.4, 0.5) is 5.69 Å². The molecule has 3 aliphatic carbocycles. The molecule has 0 saturated carbocycles. The highest BCUT2D eigenvalue weighted by molar-refractivity contribution is 9.10. The number of halogens is 1. The highest BCUT2D eigenvalue weighted by Crippen LogP contribution is 2.57. The highest BCUT2D eigenvalue weighted by Gasteiger charge is 2.57. The van der Waals surface area contributed by atoms with E-state index in [2.05, 4.69) is 15.9 Å². The number of nitrogens with zero attached hydrogens (tertiary/aromatic N) is 1. The number of ketones is 2. The molecule has 6 rings (SSSR count). The van der Waals surface area contributed by atoms with Gasteiger partial charge in [-0.05, 0) is 68.2 Å². The number of imide groups is 1. The van der Waals surface area contributed by atoms with Gasteiger partial charge in [0.1, 0.15) is 11.5 Å². The lowest BCUT2D eigenvalue weighted by Crippen LogP contribution is -2.40. The summed E-state index contributed by atoms with van der Waals surface area (Å²) in [6, 6.07) is 11.9. The topological polar surface area (TPSA) is 101 Å². The van der Waals surface area contributed by atoms with E-state index in [0.29, 0.717) is 40.1 Å². The van der Waals surface area contributed by atoms with Gasteiger partial charge in [0.25, 0.3) is 0 Å². The number of phenolic OH excluding ortho intramolecular Hbond substituents is 1. The molecule has 0 aromatic heterocycles. The van der Waals surface area contributed by atoms with Crippen LogP contribution in [0.15, 0.2) is 81.4 Å². The molecule has 2 aromatic rings. The number of fused-ring (bicyclic) bond motifs is 3. The molecule has 0 radical (unpaired) electrons. The van der Waals surface area contributed by atoms with Crippen molar-refractivity contribution in [3.63, 3.8) is 0 Å². The summed E-state index contributed by atoms with van der Waals surface area (Å²) < 4.78 is 6.41. The van der Waals surface area contributed by atoms with Crippen LogP contribution in [0.3, 0.4) is 0 Å². The molecule has 0 bridgehead atoms. The number of aromatic hydroxyl groups is 1. The minimum atomic E-state index is -0.772. The van der Waals surface area contributed by atoms with Crippen LogP contribution in [0, 0.1) is 17.8 Å². The van der Waals surface area contributed by atoms with Crippen molar-refractivity contribution in [3.05, 3.63) is 86.9 Å². The molecule has 4 atom stereocenters. The normalized spacial score (nSPS) is 26.6. The van der Waals surface area contributed by atoms with Crippen LogP contribution in [0.2, 0.25) is 0 Å². The van der Waals surface area contributed by atoms with Crippen molar-refractivity contribution in [3.8, 4) is 11.5 Å². The van der Waals surface area contributed by atoms with Gasteiger partial charge in [-0.2, -0.15) is 0 Å². The Kier molecular flexibility index (Phi) is 5.76. The molecular formula is C30H24BrNO6. The van der Waals surface area contributed by atoms with Crippen LogP contribution in [0.1, 0.15) is 31.2 Å². The van der Waals surface area contributed by atoms with Crippen molar-refractivity contribution in [1.29, 1.82) is 0 Å². The summed E-state index contributed by atoms with van der Waals surface area (Å²) in [6.07, 6.45) is 3.76. The third-order valence-electron chi connectivity index (χ3n) is 8.20. The lowest BCUT2D eigenvalue weighted by molar-refractivity contribution is -0.123. The van der Waals surface area contributed by atoms with Crippen LogP contribution in [0.5, 0.6) is 11.5 Å². The van der Waals surface area contributed by atoms with Crippen molar-refractivity contribution in [2.45, 2.75) is 25.7 Å². The summed E-state index contributed by atoms with van der Waals surface area (Å²) >= 11 is 3.39. The number of ether oxygens (including phenoxy) is 1. The van der Waals surface area contributed by atoms with Gasteiger partial charge in [0.05, 0.1) is 24.6 Å². The first-order chi connectivity index (χ1) is 18.2. The third-order valence-corrected chi connectivity index (χ3v) is 8.73. The first-order valence-electron chi connectivity index (χ1n) is 12.4. The Morgan fingerprint density at radius 3 is 2.45 bits per heavy atom. The van der Waals surface area contributed by atoms with Crippen molar-refractivity contribution in [2.75, 3.05) is 12.0 Å². The molecular weight excluding hydrogens is 550 g/mol. The Balaban J connectivity index is 1.52. The predicted octanol–water partition coefficient (Wildman–Crippen LogP) is 4.80. The van der Waals surface area contributed by atoms with E-state index >= 15 is 0 Å². The summed E-state index contributed by atoms with van der Waals surface area (Å²) in [5, 5.41) is 11.0. The van der Waals surface area contributed by atoms with E-state index in [1.165, 1.54) is 24.2 Å². The molecule has 7 nitrogen and oxygen atoms in total. The molecule has 38 heavy (non-hydrogen) atoms. The van der Waals surface area contributed by atoms with Gasteiger partial charge < -0.3 is 9.84 Å². The smallest absolute Gasteiger partial charge is 0.238 e. The largest absolute Gasteiger partial charge is 0.507 e. The quantitative estimate of drug-likeness (QED) is 0.321. The molecule has 2 aromatic carbocycles. The Morgan fingerprint density at radius 2 is 1.74 bits per heavy atom. The Morgan fingerprint density at radius 1 is 1.00 bits per heavy atom. The number of phenols is 1. The number of hydrogen-bond donors (Lipinski definition) is 1. The zero-order chi connectivity index (χ0) is 26.9. The third kappa shape index (κ3) is 3.46. The van der Waals surface area contributed by atoms with Crippen LogP contribution >= 0.6 is 15.9 Å². The maximum Gasteiger partial charge on any atom is 0.238 e. The highest BCUT2D eigenvalue weighted by atomic mass is 79.9. The lowest BCUT2D eigenvalue weighted by Gasteiger charge is -2.42. The van der Waals surface area contributed by atoms with Crippen molar-refractivity contribution in [1.82, 2.24) is 0 Å². The maximum atomic E-state index is 13.9. The number of rotatable bonds is 3. The van der Waals surface area contributed by atoms with Crippen molar-refractivity contribution < 1.29 is 29.0 Å². The lowest BCUT2D eigenvalue weighted by atomic mass is 9.59. The van der Waals surface area contributed by atoms with Crippen molar-refractivity contribution >= 4 is 45.0 Å². The molecule has 1 aliphatic heterocycles. The molecule has 1 heterocycles. The van der Waals surface area contributed by atoms with E-state index in [1.54, 1.807) is 43.3 Å². The van der Waals surface area contributed by atoms with Gasteiger partial charge in [0.2, 0.25) is 11.8 Å². The standard InChI is InChI=1S/C30H24BrNO6/c1-14-12-22(34)25-20(28(14)35)13-19-17(26(25)27-21(33)4-3-5-23(27)38-2)10-11-18-24(19)30(37)32(29(18)36)16-8-6-15(31)7-9-16/h3-10,12,18-19,24,26,33H,11,13H2,1-2H3.